The maximum atomic E-state index is 12.7. The average Bonchev–Trinajstić information content (AvgIpc) is 2.62. The van der Waals surface area contributed by atoms with Gasteiger partial charge in [0.15, 0.2) is 0 Å². The number of aromatic nitrogens is 1. The number of sulfonamides is 1. The van der Waals surface area contributed by atoms with Crippen molar-refractivity contribution in [2.75, 3.05) is 31.1 Å². The van der Waals surface area contributed by atoms with Crippen LogP contribution in [0.3, 0.4) is 0 Å². The van der Waals surface area contributed by atoms with E-state index in [2.05, 4.69) is 9.88 Å². The molecule has 0 amide bonds. The zero-order chi connectivity index (χ0) is 17.2. The molecule has 124 valence electrons. The van der Waals surface area contributed by atoms with Gasteiger partial charge in [-0.15, -0.1) is 0 Å². The smallest absolute Gasteiger partial charge is 0.243 e. The van der Waals surface area contributed by atoms with Crippen molar-refractivity contribution >= 4 is 27.3 Å². The molecule has 8 heteroatoms. The molecular weight excluding hydrogens is 348 g/mol. The van der Waals surface area contributed by atoms with Gasteiger partial charge in [-0.1, -0.05) is 11.6 Å². The number of nitrogens with zero attached hydrogens (tertiary/aromatic N) is 4. The monoisotopic (exact) mass is 362 g/mol. The molecule has 1 aliphatic rings. The molecule has 1 aliphatic heterocycles. The Hall–Kier alpha value is -2.14. The van der Waals surface area contributed by atoms with Gasteiger partial charge in [0, 0.05) is 38.6 Å². The molecule has 1 aromatic heterocycles. The Morgan fingerprint density at radius 1 is 1.08 bits per heavy atom. The minimum atomic E-state index is -3.55. The van der Waals surface area contributed by atoms with E-state index in [1.807, 2.05) is 12.1 Å². The van der Waals surface area contributed by atoms with Crippen molar-refractivity contribution in [3.63, 3.8) is 0 Å². The normalized spacial score (nSPS) is 15.9. The van der Waals surface area contributed by atoms with Crippen LogP contribution in [0.15, 0.2) is 47.6 Å². The van der Waals surface area contributed by atoms with Gasteiger partial charge in [0.25, 0.3) is 0 Å². The lowest BCUT2D eigenvalue weighted by Crippen LogP contribution is -2.48. The molecule has 0 bridgehead atoms. The highest BCUT2D eigenvalue weighted by Gasteiger charge is 2.29. The highest BCUT2D eigenvalue weighted by molar-refractivity contribution is 7.89. The molecule has 1 aromatic carbocycles. The van der Waals surface area contributed by atoms with Crippen molar-refractivity contribution in [1.82, 2.24) is 9.29 Å². The first-order valence-corrected chi connectivity index (χ1v) is 9.19. The van der Waals surface area contributed by atoms with E-state index < -0.39 is 10.0 Å². The van der Waals surface area contributed by atoms with Crippen LogP contribution in [0.25, 0.3) is 0 Å². The zero-order valence-electron chi connectivity index (χ0n) is 12.8. The summed E-state index contributed by atoms with van der Waals surface area (Å²) in [5, 5.41) is 9.37. The van der Waals surface area contributed by atoms with E-state index >= 15 is 0 Å². The van der Waals surface area contributed by atoms with Gasteiger partial charge in [0.05, 0.1) is 27.2 Å². The molecule has 3 rings (SSSR count). The lowest BCUT2D eigenvalue weighted by atomic mass is 10.2. The first kappa shape index (κ1) is 16.7. The summed E-state index contributed by atoms with van der Waals surface area (Å²) < 4.78 is 26.8. The van der Waals surface area contributed by atoms with Crippen molar-refractivity contribution in [3.05, 3.63) is 53.3 Å². The van der Waals surface area contributed by atoms with Crippen LogP contribution in [0.5, 0.6) is 0 Å². The number of halogens is 1. The summed E-state index contributed by atoms with van der Waals surface area (Å²) in [5.74, 6) is 0. The second-order valence-electron chi connectivity index (χ2n) is 5.35. The Morgan fingerprint density at radius 3 is 2.33 bits per heavy atom. The number of hydrogen-bond donors (Lipinski definition) is 0. The van der Waals surface area contributed by atoms with Crippen LogP contribution in [0, 0.1) is 11.3 Å². The van der Waals surface area contributed by atoms with E-state index in [0.29, 0.717) is 36.8 Å². The summed E-state index contributed by atoms with van der Waals surface area (Å²) in [7, 11) is -3.55. The topological polar surface area (TPSA) is 77.3 Å². The van der Waals surface area contributed by atoms with Gasteiger partial charge in [-0.05, 0) is 30.3 Å². The van der Waals surface area contributed by atoms with Gasteiger partial charge in [-0.2, -0.15) is 9.57 Å². The summed E-state index contributed by atoms with van der Waals surface area (Å²) in [4.78, 5) is 6.22. The van der Waals surface area contributed by atoms with Gasteiger partial charge in [-0.25, -0.2) is 8.42 Å². The third kappa shape index (κ3) is 3.22. The number of rotatable bonds is 3. The predicted molar refractivity (Wildman–Crippen MR) is 91.4 cm³/mol. The Bertz CT molecular complexity index is 870. The number of piperazine rings is 1. The van der Waals surface area contributed by atoms with Crippen LogP contribution in [0.4, 0.5) is 5.69 Å². The van der Waals surface area contributed by atoms with E-state index in [9.17, 15) is 8.42 Å². The number of hydrogen-bond acceptors (Lipinski definition) is 5. The van der Waals surface area contributed by atoms with E-state index in [4.69, 9.17) is 16.9 Å². The van der Waals surface area contributed by atoms with Crippen LogP contribution in [-0.2, 0) is 10.0 Å². The number of nitriles is 1. The largest absolute Gasteiger partial charge is 0.368 e. The van der Waals surface area contributed by atoms with E-state index in [1.165, 1.54) is 28.6 Å². The van der Waals surface area contributed by atoms with Crippen LogP contribution >= 0.6 is 11.6 Å². The minimum Gasteiger partial charge on any atom is -0.368 e. The summed E-state index contributed by atoms with van der Waals surface area (Å²) >= 11 is 6.15. The lowest BCUT2D eigenvalue weighted by molar-refractivity contribution is 0.385. The molecular formula is C16H15ClN4O2S. The Balaban J connectivity index is 1.74. The lowest BCUT2D eigenvalue weighted by Gasteiger charge is -2.35. The van der Waals surface area contributed by atoms with Crippen molar-refractivity contribution in [2.24, 2.45) is 0 Å². The summed E-state index contributed by atoms with van der Waals surface area (Å²) in [5.41, 5.74) is 1.30. The predicted octanol–water partition coefficient (Wildman–Crippen LogP) is 2.12. The highest BCUT2D eigenvalue weighted by atomic mass is 35.5. The molecule has 0 spiro atoms. The molecule has 1 saturated heterocycles. The molecule has 2 aromatic rings. The van der Waals surface area contributed by atoms with Crippen molar-refractivity contribution in [2.45, 2.75) is 4.90 Å². The van der Waals surface area contributed by atoms with Gasteiger partial charge < -0.3 is 4.90 Å². The molecule has 24 heavy (non-hydrogen) atoms. The van der Waals surface area contributed by atoms with Gasteiger partial charge >= 0.3 is 0 Å². The fourth-order valence-electron chi connectivity index (χ4n) is 2.64. The maximum absolute atomic E-state index is 12.7. The highest BCUT2D eigenvalue weighted by Crippen LogP contribution is 2.26. The second kappa shape index (κ2) is 6.77. The molecule has 0 radical (unpaired) electrons. The standard InChI is InChI=1S/C16H15ClN4O2S/c17-15-12-19-6-5-16(15)20-7-9-21(10-8-20)24(22,23)14-3-1-13(11-18)2-4-14/h1-6,12H,7-10H2. The third-order valence-corrected chi connectivity index (χ3v) is 6.16. The van der Waals surface area contributed by atoms with Crippen molar-refractivity contribution in [3.8, 4) is 6.07 Å². The second-order valence-corrected chi connectivity index (χ2v) is 7.70. The number of pyridine rings is 1. The Morgan fingerprint density at radius 2 is 1.75 bits per heavy atom. The molecule has 0 aliphatic carbocycles. The Labute approximate surface area is 146 Å². The van der Waals surface area contributed by atoms with Crippen LogP contribution in [0.1, 0.15) is 5.56 Å². The zero-order valence-corrected chi connectivity index (χ0v) is 14.3. The van der Waals surface area contributed by atoms with Crippen molar-refractivity contribution in [1.29, 1.82) is 5.26 Å². The summed E-state index contributed by atoms with van der Waals surface area (Å²) in [6, 6.07) is 9.78. The van der Waals surface area contributed by atoms with Gasteiger partial charge in [0.1, 0.15) is 0 Å². The van der Waals surface area contributed by atoms with E-state index in [1.54, 1.807) is 12.4 Å². The Kier molecular flexibility index (Phi) is 4.71. The number of benzene rings is 1. The maximum Gasteiger partial charge on any atom is 0.243 e. The summed E-state index contributed by atoms with van der Waals surface area (Å²) in [6.07, 6.45) is 3.25. The van der Waals surface area contributed by atoms with Gasteiger partial charge in [-0.3, -0.25) is 4.98 Å². The van der Waals surface area contributed by atoms with Crippen molar-refractivity contribution < 1.29 is 8.42 Å². The fourth-order valence-corrected chi connectivity index (χ4v) is 4.31. The van der Waals surface area contributed by atoms with Gasteiger partial charge in [0.2, 0.25) is 10.0 Å². The van der Waals surface area contributed by atoms with E-state index in [0.717, 1.165) is 5.69 Å². The average molecular weight is 363 g/mol. The quantitative estimate of drug-likeness (QED) is 0.835. The van der Waals surface area contributed by atoms with Crippen LogP contribution in [-0.4, -0.2) is 43.9 Å². The van der Waals surface area contributed by atoms with Crippen LogP contribution in [0.2, 0.25) is 5.02 Å². The minimum absolute atomic E-state index is 0.205. The molecule has 0 saturated carbocycles. The molecule has 6 nitrogen and oxygen atoms in total. The third-order valence-electron chi connectivity index (χ3n) is 3.95. The molecule has 0 atom stereocenters. The molecule has 0 unspecified atom stereocenters. The SMILES string of the molecule is N#Cc1ccc(S(=O)(=O)N2CCN(c3ccncc3Cl)CC2)cc1. The van der Waals surface area contributed by atoms with Crippen LogP contribution < -0.4 is 4.90 Å². The molecule has 2 heterocycles. The molecule has 0 N–H and O–H groups in total. The summed E-state index contributed by atoms with van der Waals surface area (Å²) in [6.45, 7) is 1.86. The number of anilines is 1. The first-order valence-electron chi connectivity index (χ1n) is 7.37. The van der Waals surface area contributed by atoms with E-state index in [-0.39, 0.29) is 4.90 Å². The molecule has 1 fully saturated rings. The first-order chi connectivity index (χ1) is 11.5. The fraction of sp³-hybridized carbons (Fsp3) is 0.250.